The number of hydrogen-bond acceptors (Lipinski definition) is 1. The van der Waals surface area contributed by atoms with E-state index < -0.39 is 0 Å². The predicted molar refractivity (Wildman–Crippen MR) is 79.2 cm³/mol. The van der Waals surface area contributed by atoms with Crippen molar-refractivity contribution in [1.82, 2.24) is 5.32 Å². The van der Waals surface area contributed by atoms with Gasteiger partial charge in [0.15, 0.2) is 0 Å². The fourth-order valence-corrected chi connectivity index (χ4v) is 3.65. The Hall–Kier alpha value is -0.530. The van der Waals surface area contributed by atoms with Crippen LogP contribution >= 0.6 is 11.6 Å². The molecule has 1 fully saturated rings. The van der Waals surface area contributed by atoms with E-state index in [1.165, 1.54) is 18.4 Å². The summed E-state index contributed by atoms with van der Waals surface area (Å²) < 4.78 is 0. The summed E-state index contributed by atoms with van der Waals surface area (Å²) in [5.41, 5.74) is 1.60. The molecule has 0 radical (unpaired) electrons. The summed E-state index contributed by atoms with van der Waals surface area (Å²) in [7, 11) is 0. The molecule has 1 heterocycles. The first-order valence-corrected chi connectivity index (χ1v) is 7.37. The van der Waals surface area contributed by atoms with Crippen LogP contribution in [0.25, 0.3) is 0 Å². The Balaban J connectivity index is 2.14. The lowest BCUT2D eigenvalue weighted by Gasteiger charge is -2.45. The molecule has 0 aliphatic carbocycles. The van der Waals surface area contributed by atoms with Crippen molar-refractivity contribution < 1.29 is 0 Å². The fourth-order valence-electron chi connectivity index (χ4n) is 3.32. The Morgan fingerprint density at radius 2 is 1.89 bits per heavy atom. The Morgan fingerprint density at radius 3 is 2.39 bits per heavy atom. The van der Waals surface area contributed by atoms with E-state index in [-0.39, 0.29) is 5.41 Å². The molecule has 1 saturated heterocycles. The van der Waals surface area contributed by atoms with Crippen LogP contribution < -0.4 is 5.32 Å². The van der Waals surface area contributed by atoms with Crippen molar-refractivity contribution in [3.63, 3.8) is 0 Å². The molecule has 0 amide bonds. The van der Waals surface area contributed by atoms with Gasteiger partial charge in [-0.15, -0.1) is 0 Å². The van der Waals surface area contributed by atoms with Crippen molar-refractivity contribution in [2.24, 2.45) is 11.8 Å². The fraction of sp³-hybridized carbons (Fsp3) is 0.625. The average molecular weight is 266 g/mol. The normalized spacial score (nSPS) is 19.6. The third-order valence-electron chi connectivity index (χ3n) is 3.98. The van der Waals surface area contributed by atoms with Crippen LogP contribution in [-0.2, 0) is 5.41 Å². The maximum Gasteiger partial charge on any atom is 0.0444 e. The van der Waals surface area contributed by atoms with Crippen molar-refractivity contribution in [2.45, 2.75) is 39.0 Å². The van der Waals surface area contributed by atoms with E-state index in [9.17, 15) is 0 Å². The highest BCUT2D eigenvalue weighted by atomic mass is 35.5. The maximum atomic E-state index is 6.38. The quantitative estimate of drug-likeness (QED) is 0.839. The van der Waals surface area contributed by atoms with Gasteiger partial charge < -0.3 is 5.32 Å². The molecule has 2 heteroatoms. The Labute approximate surface area is 116 Å². The molecule has 0 aromatic heterocycles. The van der Waals surface area contributed by atoms with E-state index in [4.69, 9.17) is 11.6 Å². The molecule has 1 unspecified atom stereocenters. The lowest BCUT2D eigenvalue weighted by Crippen LogP contribution is -2.57. The number of benzene rings is 1. The summed E-state index contributed by atoms with van der Waals surface area (Å²) in [5, 5.41) is 4.35. The van der Waals surface area contributed by atoms with Gasteiger partial charge in [0.25, 0.3) is 0 Å². The monoisotopic (exact) mass is 265 g/mol. The van der Waals surface area contributed by atoms with E-state index in [1.54, 1.807) is 0 Å². The van der Waals surface area contributed by atoms with E-state index in [2.05, 4.69) is 38.2 Å². The molecule has 0 bridgehead atoms. The maximum absolute atomic E-state index is 6.38. The Kier molecular flexibility index (Phi) is 4.34. The van der Waals surface area contributed by atoms with E-state index in [0.29, 0.717) is 0 Å². The van der Waals surface area contributed by atoms with Crippen LogP contribution in [0.2, 0.25) is 5.02 Å². The molecule has 18 heavy (non-hydrogen) atoms. The molecular formula is C16H24ClN. The van der Waals surface area contributed by atoms with Crippen molar-refractivity contribution in [3.8, 4) is 0 Å². The van der Waals surface area contributed by atoms with Gasteiger partial charge in [-0.25, -0.2) is 0 Å². The van der Waals surface area contributed by atoms with Gasteiger partial charge in [0, 0.05) is 23.5 Å². The van der Waals surface area contributed by atoms with Crippen LogP contribution in [0.15, 0.2) is 24.3 Å². The molecule has 2 rings (SSSR count). The molecule has 100 valence electrons. The molecule has 1 atom stereocenters. The van der Waals surface area contributed by atoms with Crippen molar-refractivity contribution >= 4 is 11.6 Å². The summed E-state index contributed by atoms with van der Waals surface area (Å²) in [6.45, 7) is 9.12. The second-order valence-corrected chi connectivity index (χ2v) is 6.71. The van der Waals surface area contributed by atoms with Crippen molar-refractivity contribution in [3.05, 3.63) is 34.9 Å². The molecule has 0 spiro atoms. The van der Waals surface area contributed by atoms with Gasteiger partial charge in [0.05, 0.1) is 0 Å². The SMILES string of the molecule is CC(C)CC(C)CC1(c2ccccc2Cl)CNC1. The summed E-state index contributed by atoms with van der Waals surface area (Å²) >= 11 is 6.38. The zero-order valence-corrected chi connectivity index (χ0v) is 12.4. The van der Waals surface area contributed by atoms with Gasteiger partial charge in [-0.1, -0.05) is 50.6 Å². The van der Waals surface area contributed by atoms with E-state index in [1.807, 2.05) is 12.1 Å². The third-order valence-corrected chi connectivity index (χ3v) is 4.31. The second-order valence-electron chi connectivity index (χ2n) is 6.30. The highest BCUT2D eigenvalue weighted by Crippen LogP contribution is 2.39. The van der Waals surface area contributed by atoms with Gasteiger partial charge in [0.2, 0.25) is 0 Å². The van der Waals surface area contributed by atoms with Crippen LogP contribution in [0, 0.1) is 11.8 Å². The summed E-state index contributed by atoms with van der Waals surface area (Å²) in [5.74, 6) is 1.53. The first-order valence-electron chi connectivity index (χ1n) is 6.99. The molecule has 1 nitrogen and oxygen atoms in total. The lowest BCUT2D eigenvalue weighted by atomic mass is 9.68. The van der Waals surface area contributed by atoms with E-state index in [0.717, 1.165) is 29.9 Å². The second kappa shape index (κ2) is 5.63. The van der Waals surface area contributed by atoms with E-state index >= 15 is 0 Å². The summed E-state index contributed by atoms with van der Waals surface area (Å²) in [6.07, 6.45) is 2.54. The smallest absolute Gasteiger partial charge is 0.0444 e. The van der Waals surface area contributed by atoms with Gasteiger partial charge >= 0.3 is 0 Å². The Morgan fingerprint density at radius 1 is 1.22 bits per heavy atom. The highest BCUT2D eigenvalue weighted by Gasteiger charge is 2.40. The van der Waals surface area contributed by atoms with Gasteiger partial charge in [-0.3, -0.25) is 0 Å². The van der Waals surface area contributed by atoms with Gasteiger partial charge in [0.1, 0.15) is 0 Å². The van der Waals surface area contributed by atoms with Gasteiger partial charge in [-0.2, -0.15) is 0 Å². The third kappa shape index (κ3) is 2.89. The highest BCUT2D eigenvalue weighted by molar-refractivity contribution is 6.31. The molecule has 0 saturated carbocycles. The number of halogens is 1. The minimum Gasteiger partial charge on any atom is -0.315 e. The minimum absolute atomic E-state index is 0.270. The zero-order valence-electron chi connectivity index (χ0n) is 11.7. The molecule has 1 aromatic carbocycles. The molecular weight excluding hydrogens is 242 g/mol. The number of hydrogen-bond donors (Lipinski definition) is 1. The molecule has 1 aliphatic rings. The summed E-state index contributed by atoms with van der Waals surface area (Å²) in [4.78, 5) is 0. The standard InChI is InChI=1S/C16H24ClN/c1-12(2)8-13(3)9-16(10-18-11-16)14-6-4-5-7-15(14)17/h4-7,12-13,18H,8-11H2,1-3H3. The predicted octanol–water partition coefficient (Wildman–Crippen LogP) is 4.25. The van der Waals surface area contributed by atoms with Gasteiger partial charge in [-0.05, 0) is 36.3 Å². The van der Waals surface area contributed by atoms with Crippen molar-refractivity contribution in [2.75, 3.05) is 13.1 Å². The molecule has 1 N–H and O–H groups in total. The largest absolute Gasteiger partial charge is 0.315 e. The summed E-state index contributed by atoms with van der Waals surface area (Å²) in [6, 6.07) is 8.34. The van der Waals surface area contributed by atoms with Crippen molar-refractivity contribution in [1.29, 1.82) is 0 Å². The molecule has 1 aliphatic heterocycles. The van der Waals surface area contributed by atoms with Crippen LogP contribution in [0.3, 0.4) is 0 Å². The molecule has 1 aromatic rings. The van der Waals surface area contributed by atoms with Crippen LogP contribution in [0.4, 0.5) is 0 Å². The minimum atomic E-state index is 0.270. The average Bonchev–Trinajstić information content (AvgIpc) is 2.23. The number of rotatable bonds is 5. The van der Waals surface area contributed by atoms with Crippen LogP contribution in [-0.4, -0.2) is 13.1 Å². The lowest BCUT2D eigenvalue weighted by molar-refractivity contribution is 0.211. The first kappa shape index (κ1) is 13.9. The number of nitrogens with one attached hydrogen (secondary N) is 1. The van der Waals surface area contributed by atoms with Crippen LogP contribution in [0.1, 0.15) is 39.2 Å². The Bertz CT molecular complexity index is 396. The van der Waals surface area contributed by atoms with Crippen LogP contribution in [0.5, 0.6) is 0 Å². The first-order chi connectivity index (χ1) is 8.53. The zero-order chi connectivity index (χ0) is 13.2. The topological polar surface area (TPSA) is 12.0 Å².